The van der Waals surface area contributed by atoms with Crippen molar-refractivity contribution in [2.24, 2.45) is 10.9 Å². The molecule has 3 nitrogen and oxygen atoms in total. The molecule has 2 N–H and O–H groups in total. The molecule has 1 rings (SSSR count). The first-order chi connectivity index (χ1) is 4.84. The Labute approximate surface area is 63.5 Å². The van der Waals surface area contributed by atoms with Crippen molar-refractivity contribution < 1.29 is 0 Å². The minimum absolute atomic E-state index is 0.553. The van der Waals surface area contributed by atoms with Crippen molar-refractivity contribution in [3.63, 3.8) is 0 Å². The summed E-state index contributed by atoms with van der Waals surface area (Å²) in [7, 11) is 0. The normalized spacial score (nSPS) is 10.5. The summed E-state index contributed by atoms with van der Waals surface area (Å²) in [5.41, 5.74) is 0.590. The number of nitrogens with zero attached hydrogens (tertiary/aromatic N) is 2. The zero-order valence-electron chi connectivity index (χ0n) is 5.16. The summed E-state index contributed by atoms with van der Waals surface area (Å²) in [6.07, 6.45) is 3.03. The van der Waals surface area contributed by atoms with Crippen LogP contribution in [-0.2, 0) is 0 Å². The summed E-state index contributed by atoms with van der Waals surface area (Å²) in [5.74, 6) is 4.90. The lowest BCUT2D eigenvalue weighted by Gasteiger charge is -1.91. The zero-order valence-corrected chi connectivity index (χ0v) is 5.92. The second-order valence-corrected chi connectivity index (χ2v) is 2.06. The lowest BCUT2D eigenvalue weighted by atomic mass is 10.4. The van der Waals surface area contributed by atoms with E-state index in [1.807, 2.05) is 0 Å². The maximum Gasteiger partial charge on any atom is 0.102 e. The molecular formula is C6H6ClN3. The van der Waals surface area contributed by atoms with E-state index in [9.17, 15) is 0 Å². The molecule has 1 aromatic heterocycles. The van der Waals surface area contributed by atoms with Gasteiger partial charge in [-0.25, -0.2) is 0 Å². The van der Waals surface area contributed by atoms with Gasteiger partial charge in [0.1, 0.15) is 5.69 Å². The minimum atomic E-state index is 0.553. The average molecular weight is 156 g/mol. The molecule has 0 unspecified atom stereocenters. The van der Waals surface area contributed by atoms with Crippen molar-refractivity contribution in [2.45, 2.75) is 0 Å². The van der Waals surface area contributed by atoms with Crippen LogP contribution in [0.2, 0.25) is 5.02 Å². The summed E-state index contributed by atoms with van der Waals surface area (Å²) >= 11 is 5.69. The molecule has 0 saturated carbocycles. The predicted octanol–water partition coefficient (Wildman–Crippen LogP) is 1.03. The summed E-state index contributed by atoms with van der Waals surface area (Å²) in [5, 5.41) is 3.85. The van der Waals surface area contributed by atoms with Gasteiger partial charge < -0.3 is 5.84 Å². The number of pyridine rings is 1. The molecule has 0 atom stereocenters. The van der Waals surface area contributed by atoms with Gasteiger partial charge in [0.2, 0.25) is 0 Å². The second kappa shape index (κ2) is 3.17. The van der Waals surface area contributed by atoms with Crippen LogP contribution in [0.15, 0.2) is 23.4 Å². The van der Waals surface area contributed by atoms with Crippen LogP contribution in [0.5, 0.6) is 0 Å². The van der Waals surface area contributed by atoms with Crippen LogP contribution < -0.4 is 5.84 Å². The third kappa shape index (κ3) is 1.45. The van der Waals surface area contributed by atoms with Crippen molar-refractivity contribution in [1.82, 2.24) is 4.98 Å². The molecular weight excluding hydrogens is 150 g/mol. The van der Waals surface area contributed by atoms with Gasteiger partial charge in [-0.15, -0.1) is 0 Å². The summed E-state index contributed by atoms with van der Waals surface area (Å²) < 4.78 is 0. The SMILES string of the molecule is N/N=C/c1ncccc1Cl. The van der Waals surface area contributed by atoms with E-state index in [4.69, 9.17) is 17.4 Å². The van der Waals surface area contributed by atoms with Gasteiger partial charge in [0.05, 0.1) is 11.2 Å². The number of aromatic nitrogens is 1. The molecule has 0 amide bonds. The Morgan fingerprint density at radius 2 is 2.50 bits per heavy atom. The lowest BCUT2D eigenvalue weighted by Crippen LogP contribution is -1.90. The van der Waals surface area contributed by atoms with Crippen LogP contribution in [0.25, 0.3) is 0 Å². The Morgan fingerprint density at radius 3 is 3.10 bits per heavy atom. The molecule has 10 heavy (non-hydrogen) atoms. The summed E-state index contributed by atoms with van der Waals surface area (Å²) in [6.45, 7) is 0. The Balaban J connectivity index is 3.03. The van der Waals surface area contributed by atoms with Crippen molar-refractivity contribution in [3.05, 3.63) is 29.0 Å². The van der Waals surface area contributed by atoms with E-state index in [-0.39, 0.29) is 0 Å². The van der Waals surface area contributed by atoms with Crippen LogP contribution in [0.3, 0.4) is 0 Å². The maximum absolute atomic E-state index is 5.69. The Hall–Kier alpha value is -1.09. The first-order valence-corrected chi connectivity index (χ1v) is 3.06. The summed E-state index contributed by atoms with van der Waals surface area (Å²) in [4.78, 5) is 3.91. The smallest absolute Gasteiger partial charge is 0.102 e. The largest absolute Gasteiger partial charge is 0.323 e. The topological polar surface area (TPSA) is 51.3 Å². The molecule has 1 aromatic rings. The highest BCUT2D eigenvalue weighted by Gasteiger charge is 1.93. The number of hydrogen-bond donors (Lipinski definition) is 1. The van der Waals surface area contributed by atoms with Gasteiger partial charge >= 0.3 is 0 Å². The molecule has 4 heteroatoms. The Bertz CT molecular complexity index is 247. The van der Waals surface area contributed by atoms with Gasteiger partial charge in [0.25, 0.3) is 0 Å². The van der Waals surface area contributed by atoms with Crippen LogP contribution >= 0.6 is 11.6 Å². The van der Waals surface area contributed by atoms with Crippen LogP contribution in [-0.4, -0.2) is 11.2 Å². The molecule has 1 heterocycles. The molecule has 0 fully saturated rings. The number of nitrogens with two attached hydrogens (primary N) is 1. The molecule has 0 aromatic carbocycles. The summed E-state index contributed by atoms with van der Waals surface area (Å²) in [6, 6.07) is 3.47. The van der Waals surface area contributed by atoms with E-state index >= 15 is 0 Å². The fourth-order valence-corrected chi connectivity index (χ4v) is 0.734. The van der Waals surface area contributed by atoms with Crippen molar-refractivity contribution in [1.29, 1.82) is 0 Å². The van der Waals surface area contributed by atoms with E-state index in [1.165, 1.54) is 6.21 Å². The highest BCUT2D eigenvalue weighted by atomic mass is 35.5. The van der Waals surface area contributed by atoms with E-state index in [2.05, 4.69) is 10.1 Å². The first-order valence-electron chi connectivity index (χ1n) is 2.68. The lowest BCUT2D eigenvalue weighted by molar-refractivity contribution is 1.23. The second-order valence-electron chi connectivity index (χ2n) is 1.65. The van der Waals surface area contributed by atoms with E-state index in [0.29, 0.717) is 10.7 Å². The van der Waals surface area contributed by atoms with Crippen molar-refractivity contribution in [3.8, 4) is 0 Å². The van der Waals surface area contributed by atoms with Gasteiger partial charge in [-0.2, -0.15) is 5.10 Å². The molecule has 0 aliphatic rings. The van der Waals surface area contributed by atoms with Gasteiger partial charge in [0.15, 0.2) is 0 Å². The van der Waals surface area contributed by atoms with E-state index in [1.54, 1.807) is 18.3 Å². The van der Waals surface area contributed by atoms with Gasteiger partial charge in [0, 0.05) is 6.20 Å². The third-order valence-corrected chi connectivity index (χ3v) is 1.30. The van der Waals surface area contributed by atoms with Gasteiger partial charge in [-0.3, -0.25) is 4.98 Å². The van der Waals surface area contributed by atoms with Crippen molar-refractivity contribution >= 4 is 17.8 Å². The molecule has 0 spiro atoms. The minimum Gasteiger partial charge on any atom is -0.323 e. The monoisotopic (exact) mass is 155 g/mol. The standard InChI is InChI=1S/C6H6ClN3/c7-5-2-1-3-9-6(5)4-10-8/h1-4H,8H2/b10-4+. The number of rotatable bonds is 1. The van der Waals surface area contributed by atoms with Crippen LogP contribution in [0.1, 0.15) is 5.69 Å². The molecule has 0 saturated heterocycles. The molecule has 0 aliphatic heterocycles. The fraction of sp³-hybridized carbons (Fsp3) is 0. The van der Waals surface area contributed by atoms with Crippen LogP contribution in [0, 0.1) is 0 Å². The van der Waals surface area contributed by atoms with E-state index in [0.717, 1.165) is 0 Å². The van der Waals surface area contributed by atoms with Crippen molar-refractivity contribution in [2.75, 3.05) is 0 Å². The third-order valence-electron chi connectivity index (χ3n) is 0.984. The van der Waals surface area contributed by atoms with Crippen LogP contribution in [0.4, 0.5) is 0 Å². The number of hydrazone groups is 1. The molecule has 52 valence electrons. The predicted molar refractivity (Wildman–Crippen MR) is 41.0 cm³/mol. The maximum atomic E-state index is 5.69. The van der Waals surface area contributed by atoms with E-state index < -0.39 is 0 Å². The van der Waals surface area contributed by atoms with Gasteiger partial charge in [-0.1, -0.05) is 11.6 Å². The Kier molecular flexibility index (Phi) is 2.23. The zero-order chi connectivity index (χ0) is 7.40. The fourth-order valence-electron chi connectivity index (χ4n) is 0.563. The number of hydrogen-bond acceptors (Lipinski definition) is 3. The average Bonchev–Trinajstić information content (AvgIpc) is 1.94. The molecule has 0 aliphatic carbocycles. The quantitative estimate of drug-likeness (QED) is 0.374. The number of halogens is 1. The first kappa shape index (κ1) is 7.02. The highest BCUT2D eigenvalue weighted by molar-refractivity contribution is 6.32. The molecule has 0 radical (unpaired) electrons. The highest BCUT2D eigenvalue weighted by Crippen LogP contribution is 2.08. The molecule has 0 bridgehead atoms. The Morgan fingerprint density at radius 1 is 1.70 bits per heavy atom. The van der Waals surface area contributed by atoms with Gasteiger partial charge in [-0.05, 0) is 12.1 Å².